The summed E-state index contributed by atoms with van der Waals surface area (Å²) in [6.07, 6.45) is 0. The summed E-state index contributed by atoms with van der Waals surface area (Å²) in [5.74, 6) is 0.320. The van der Waals surface area contributed by atoms with Crippen molar-refractivity contribution in [1.29, 1.82) is 0 Å². The van der Waals surface area contributed by atoms with Gasteiger partial charge in [0.05, 0.1) is 10.0 Å². The molecule has 0 fully saturated rings. The Kier molecular flexibility index (Phi) is 3.15. The first-order valence-corrected chi connectivity index (χ1v) is 6.53. The van der Waals surface area contributed by atoms with E-state index in [0.717, 1.165) is 0 Å². The van der Waals surface area contributed by atoms with E-state index in [1.807, 2.05) is 0 Å². The van der Waals surface area contributed by atoms with E-state index in [0.29, 0.717) is 26.8 Å². The van der Waals surface area contributed by atoms with Crippen LogP contribution in [-0.4, -0.2) is 19.9 Å². The Bertz CT molecular complexity index is 866. The summed E-state index contributed by atoms with van der Waals surface area (Å²) < 4.78 is 0. The highest BCUT2D eigenvalue weighted by molar-refractivity contribution is 6.42. The molecule has 0 aliphatic heterocycles. The number of benzene rings is 1. The third-order valence-corrected chi connectivity index (χ3v) is 3.53. The van der Waals surface area contributed by atoms with Gasteiger partial charge in [0, 0.05) is 5.56 Å². The van der Waals surface area contributed by atoms with Gasteiger partial charge in [-0.05, 0) is 12.1 Å². The summed E-state index contributed by atoms with van der Waals surface area (Å²) in [5, 5.41) is 0.820. The summed E-state index contributed by atoms with van der Waals surface area (Å²) in [5.41, 5.74) is 18.9. The molecule has 9 heteroatoms. The van der Waals surface area contributed by atoms with Crippen LogP contribution in [0.15, 0.2) is 18.2 Å². The first-order chi connectivity index (χ1) is 9.95. The zero-order valence-electron chi connectivity index (χ0n) is 10.5. The van der Waals surface area contributed by atoms with E-state index in [-0.39, 0.29) is 23.2 Å². The highest BCUT2D eigenvalue weighted by Crippen LogP contribution is 2.31. The van der Waals surface area contributed by atoms with Crippen LogP contribution in [-0.2, 0) is 0 Å². The lowest BCUT2D eigenvalue weighted by atomic mass is 10.1. The summed E-state index contributed by atoms with van der Waals surface area (Å²) in [6.45, 7) is 0. The Hall–Kier alpha value is -2.38. The third kappa shape index (κ3) is 2.37. The molecule has 0 saturated carbocycles. The second-order valence-corrected chi connectivity index (χ2v) is 5.04. The van der Waals surface area contributed by atoms with Gasteiger partial charge in [-0.2, -0.15) is 9.97 Å². The predicted octanol–water partition coefficient (Wildman–Crippen LogP) is 2.14. The first kappa shape index (κ1) is 13.6. The van der Waals surface area contributed by atoms with Crippen LogP contribution in [0.5, 0.6) is 0 Å². The summed E-state index contributed by atoms with van der Waals surface area (Å²) >= 11 is 11.9. The van der Waals surface area contributed by atoms with Gasteiger partial charge in [0.2, 0.25) is 5.95 Å². The van der Waals surface area contributed by atoms with Gasteiger partial charge in [0.15, 0.2) is 22.8 Å². The fourth-order valence-corrected chi connectivity index (χ4v) is 2.15. The summed E-state index contributed by atoms with van der Waals surface area (Å²) in [7, 11) is 0. The lowest BCUT2D eigenvalue weighted by Gasteiger charge is -2.08. The average Bonchev–Trinajstić information content (AvgIpc) is 2.41. The van der Waals surface area contributed by atoms with Crippen molar-refractivity contribution >= 4 is 51.9 Å². The molecule has 0 bridgehead atoms. The average molecular weight is 322 g/mol. The molecule has 0 radical (unpaired) electrons. The number of nitrogens with two attached hydrogens (primary N) is 3. The molecule has 0 saturated heterocycles. The molecule has 0 unspecified atom stereocenters. The number of hydrogen-bond donors (Lipinski definition) is 3. The van der Waals surface area contributed by atoms with Gasteiger partial charge in [-0.25, -0.2) is 9.97 Å². The molecular weight excluding hydrogens is 313 g/mol. The smallest absolute Gasteiger partial charge is 0.224 e. The van der Waals surface area contributed by atoms with Crippen LogP contribution in [0, 0.1) is 0 Å². The SMILES string of the molecule is Nc1nc(N)c2nc(-c3ccc(Cl)c(Cl)c3)c(N)nc2n1. The molecule has 2 heterocycles. The molecule has 0 spiro atoms. The molecule has 21 heavy (non-hydrogen) atoms. The van der Waals surface area contributed by atoms with Crippen molar-refractivity contribution in [3.63, 3.8) is 0 Å². The highest BCUT2D eigenvalue weighted by atomic mass is 35.5. The molecule has 1 aromatic carbocycles. The lowest BCUT2D eigenvalue weighted by Crippen LogP contribution is -2.06. The van der Waals surface area contributed by atoms with Gasteiger partial charge in [-0.3, -0.25) is 0 Å². The number of nitrogen functional groups attached to an aromatic ring is 3. The Balaban J connectivity index is 2.27. The molecule has 6 N–H and O–H groups in total. The largest absolute Gasteiger partial charge is 0.382 e. The topological polar surface area (TPSA) is 130 Å². The summed E-state index contributed by atoms with van der Waals surface area (Å²) in [6, 6.07) is 5.02. The maximum Gasteiger partial charge on any atom is 0.224 e. The van der Waals surface area contributed by atoms with Crippen LogP contribution in [0.2, 0.25) is 10.0 Å². The van der Waals surface area contributed by atoms with Gasteiger partial charge in [0.25, 0.3) is 0 Å². The number of fused-ring (bicyclic) bond motifs is 1. The molecule has 3 rings (SSSR count). The van der Waals surface area contributed by atoms with Crippen LogP contribution >= 0.6 is 23.2 Å². The van der Waals surface area contributed by atoms with Gasteiger partial charge >= 0.3 is 0 Å². The van der Waals surface area contributed by atoms with Crippen molar-refractivity contribution < 1.29 is 0 Å². The van der Waals surface area contributed by atoms with Crippen LogP contribution in [0.4, 0.5) is 17.6 Å². The monoisotopic (exact) mass is 321 g/mol. The Labute approximate surface area is 129 Å². The van der Waals surface area contributed by atoms with Crippen molar-refractivity contribution in [2.45, 2.75) is 0 Å². The van der Waals surface area contributed by atoms with Crippen molar-refractivity contribution in [1.82, 2.24) is 19.9 Å². The molecule has 0 aliphatic carbocycles. The molecular formula is C12H9Cl2N7. The zero-order valence-corrected chi connectivity index (χ0v) is 12.0. The van der Waals surface area contributed by atoms with Crippen LogP contribution in [0.1, 0.15) is 0 Å². The minimum absolute atomic E-state index is 0.0102. The van der Waals surface area contributed by atoms with Crippen LogP contribution in [0.3, 0.4) is 0 Å². The third-order valence-electron chi connectivity index (χ3n) is 2.80. The zero-order chi connectivity index (χ0) is 15.1. The number of rotatable bonds is 1. The summed E-state index contributed by atoms with van der Waals surface area (Å²) in [4.78, 5) is 16.3. The maximum absolute atomic E-state index is 6.00. The molecule has 2 aromatic heterocycles. The normalized spacial score (nSPS) is 11.0. The Morgan fingerprint density at radius 2 is 1.57 bits per heavy atom. The van der Waals surface area contributed by atoms with E-state index >= 15 is 0 Å². The number of hydrogen-bond acceptors (Lipinski definition) is 7. The van der Waals surface area contributed by atoms with E-state index in [2.05, 4.69) is 19.9 Å². The van der Waals surface area contributed by atoms with E-state index in [1.165, 1.54) is 0 Å². The van der Waals surface area contributed by atoms with Crippen molar-refractivity contribution in [3.05, 3.63) is 28.2 Å². The molecule has 0 atom stereocenters. The van der Waals surface area contributed by atoms with E-state index in [9.17, 15) is 0 Å². The van der Waals surface area contributed by atoms with Crippen molar-refractivity contribution in [3.8, 4) is 11.3 Å². The molecule has 7 nitrogen and oxygen atoms in total. The molecule has 106 valence electrons. The quantitative estimate of drug-likeness (QED) is 0.625. The number of halogens is 2. The predicted molar refractivity (Wildman–Crippen MR) is 83.8 cm³/mol. The minimum Gasteiger partial charge on any atom is -0.382 e. The number of aromatic nitrogens is 4. The van der Waals surface area contributed by atoms with Crippen molar-refractivity contribution in [2.75, 3.05) is 17.2 Å². The Morgan fingerprint density at radius 1 is 0.810 bits per heavy atom. The van der Waals surface area contributed by atoms with E-state index in [4.69, 9.17) is 40.4 Å². The van der Waals surface area contributed by atoms with Gasteiger partial charge in [0.1, 0.15) is 5.69 Å². The van der Waals surface area contributed by atoms with E-state index in [1.54, 1.807) is 18.2 Å². The fourth-order valence-electron chi connectivity index (χ4n) is 1.85. The van der Waals surface area contributed by atoms with Crippen LogP contribution < -0.4 is 17.2 Å². The number of anilines is 3. The molecule has 0 aliphatic rings. The fraction of sp³-hybridized carbons (Fsp3) is 0. The second-order valence-electron chi connectivity index (χ2n) is 4.23. The standard InChI is InChI=1S/C12H9Cl2N7/c13-5-2-1-4(3-6(5)14)7-9(15)19-11-8(18-7)10(16)20-12(17)21-11/h1-3H,(H6,15,16,17,19,20,21). The first-order valence-electron chi connectivity index (χ1n) is 5.77. The highest BCUT2D eigenvalue weighted by Gasteiger charge is 2.13. The molecule has 3 aromatic rings. The second kappa shape index (κ2) is 4.87. The van der Waals surface area contributed by atoms with Gasteiger partial charge in [-0.15, -0.1) is 0 Å². The molecule has 0 amide bonds. The lowest BCUT2D eigenvalue weighted by molar-refractivity contribution is 1.17. The van der Waals surface area contributed by atoms with Crippen molar-refractivity contribution in [2.24, 2.45) is 0 Å². The number of nitrogens with zero attached hydrogens (tertiary/aromatic N) is 4. The van der Waals surface area contributed by atoms with Crippen LogP contribution in [0.25, 0.3) is 22.4 Å². The minimum atomic E-state index is 0.0102. The Morgan fingerprint density at radius 3 is 2.29 bits per heavy atom. The van der Waals surface area contributed by atoms with Gasteiger partial charge in [-0.1, -0.05) is 29.3 Å². The van der Waals surface area contributed by atoms with E-state index < -0.39 is 0 Å². The van der Waals surface area contributed by atoms with Gasteiger partial charge < -0.3 is 17.2 Å². The maximum atomic E-state index is 6.00.